The number of carbonyl (C=O) groups is 3. The lowest BCUT2D eigenvalue weighted by Crippen LogP contribution is -2.46. The Hall–Kier alpha value is -4.71. The fourth-order valence-electron chi connectivity index (χ4n) is 4.38. The number of rotatable bonds is 9. The molecule has 210 valence electrons. The Balaban J connectivity index is 1.31. The van der Waals surface area contributed by atoms with Gasteiger partial charge in [-0.1, -0.05) is 36.0 Å². The van der Waals surface area contributed by atoms with Crippen LogP contribution in [0, 0.1) is 5.82 Å². The third-order valence-electron chi connectivity index (χ3n) is 6.40. The van der Waals surface area contributed by atoms with Crippen molar-refractivity contribution in [2.45, 2.75) is 19.0 Å². The van der Waals surface area contributed by atoms with Crippen LogP contribution in [-0.4, -0.2) is 59.6 Å². The number of methoxy groups -OCH3 is 2. The molecule has 0 bridgehead atoms. The van der Waals surface area contributed by atoms with Crippen molar-refractivity contribution in [2.24, 2.45) is 9.98 Å². The predicted octanol–water partition coefficient (Wildman–Crippen LogP) is 3.88. The number of ether oxygens (including phenoxy) is 2. The number of benzene rings is 3. The fraction of sp³-hybridized carbons (Fsp3) is 0.207. The number of hydrogen-bond donors (Lipinski definition) is 2. The van der Waals surface area contributed by atoms with Crippen molar-refractivity contribution in [3.63, 3.8) is 0 Å². The molecule has 5 rings (SSSR count). The van der Waals surface area contributed by atoms with Crippen LogP contribution in [0.5, 0.6) is 11.5 Å². The van der Waals surface area contributed by atoms with E-state index in [1.165, 1.54) is 26.4 Å². The number of thioether (sulfide) groups is 1. The predicted molar refractivity (Wildman–Crippen MR) is 154 cm³/mol. The van der Waals surface area contributed by atoms with Gasteiger partial charge in [0, 0.05) is 18.2 Å². The van der Waals surface area contributed by atoms with Crippen molar-refractivity contribution in [3.8, 4) is 11.5 Å². The first kappa shape index (κ1) is 27.8. The molecule has 0 aromatic heterocycles. The fourth-order valence-corrected chi connectivity index (χ4v) is 5.23. The number of amides is 3. The first-order valence-electron chi connectivity index (χ1n) is 12.6. The Morgan fingerprint density at radius 1 is 1.00 bits per heavy atom. The monoisotopic (exact) mass is 575 g/mol. The number of anilines is 1. The first-order chi connectivity index (χ1) is 19.9. The molecule has 2 aliphatic rings. The maximum absolute atomic E-state index is 13.2. The highest BCUT2D eigenvalue weighted by Gasteiger charge is 2.42. The molecule has 2 N–H and O–H groups in total. The number of nitrogens with zero attached hydrogens (tertiary/aromatic N) is 3. The Bertz CT molecular complexity index is 1560. The molecule has 3 aromatic carbocycles. The quantitative estimate of drug-likeness (QED) is 0.397. The Labute approximate surface area is 239 Å². The van der Waals surface area contributed by atoms with Crippen LogP contribution in [0.4, 0.5) is 15.8 Å². The Kier molecular flexibility index (Phi) is 8.29. The summed E-state index contributed by atoms with van der Waals surface area (Å²) in [5, 5.41) is 5.96. The Morgan fingerprint density at radius 3 is 2.54 bits per heavy atom. The maximum Gasteiger partial charge on any atom is 0.271 e. The van der Waals surface area contributed by atoms with Crippen LogP contribution in [0.2, 0.25) is 0 Å². The largest absolute Gasteiger partial charge is 0.497 e. The summed E-state index contributed by atoms with van der Waals surface area (Å²) in [6, 6.07) is 17.1. The number of carbonyl (C=O) groups excluding carboxylic acids is 3. The number of amidine groups is 2. The van der Waals surface area contributed by atoms with E-state index in [0.29, 0.717) is 39.4 Å². The third-order valence-corrected chi connectivity index (χ3v) is 7.36. The van der Waals surface area contributed by atoms with Gasteiger partial charge in [0.15, 0.2) is 5.17 Å². The molecule has 0 saturated heterocycles. The average molecular weight is 576 g/mol. The highest BCUT2D eigenvalue weighted by Crippen LogP contribution is 2.35. The van der Waals surface area contributed by atoms with Gasteiger partial charge in [0.25, 0.3) is 5.91 Å². The molecule has 3 aromatic rings. The molecule has 2 heterocycles. The molecule has 0 fully saturated rings. The van der Waals surface area contributed by atoms with Gasteiger partial charge < -0.3 is 20.1 Å². The van der Waals surface area contributed by atoms with Crippen LogP contribution >= 0.6 is 11.8 Å². The minimum Gasteiger partial charge on any atom is -0.497 e. The van der Waals surface area contributed by atoms with Crippen molar-refractivity contribution in [1.29, 1.82) is 0 Å². The highest BCUT2D eigenvalue weighted by molar-refractivity contribution is 8.14. The zero-order valence-corrected chi connectivity index (χ0v) is 23.0. The number of halogens is 1. The van der Waals surface area contributed by atoms with Crippen molar-refractivity contribution in [3.05, 3.63) is 83.7 Å². The van der Waals surface area contributed by atoms with Gasteiger partial charge in [-0.3, -0.25) is 19.3 Å². The van der Waals surface area contributed by atoms with Gasteiger partial charge in [-0.15, -0.1) is 0 Å². The summed E-state index contributed by atoms with van der Waals surface area (Å²) in [6.45, 7) is 0.181. The number of hydrogen-bond acceptors (Lipinski definition) is 8. The summed E-state index contributed by atoms with van der Waals surface area (Å²) in [6.07, 6.45) is -0.179. The van der Waals surface area contributed by atoms with Gasteiger partial charge in [0.1, 0.15) is 29.2 Å². The zero-order chi connectivity index (χ0) is 28.9. The van der Waals surface area contributed by atoms with E-state index in [9.17, 15) is 18.8 Å². The molecule has 2 aliphatic heterocycles. The molecule has 0 spiro atoms. The van der Waals surface area contributed by atoms with E-state index < -0.39 is 11.9 Å². The average Bonchev–Trinajstić information content (AvgIpc) is 3.31. The van der Waals surface area contributed by atoms with E-state index in [2.05, 4.69) is 15.6 Å². The summed E-state index contributed by atoms with van der Waals surface area (Å²) < 4.78 is 23.8. The summed E-state index contributed by atoms with van der Waals surface area (Å²) in [5.41, 5.74) is 2.43. The molecule has 1 unspecified atom stereocenters. The van der Waals surface area contributed by atoms with E-state index in [4.69, 9.17) is 14.5 Å². The van der Waals surface area contributed by atoms with Gasteiger partial charge in [0.05, 0.1) is 37.8 Å². The van der Waals surface area contributed by atoms with E-state index in [0.717, 1.165) is 17.3 Å². The topological polar surface area (TPSA) is 122 Å². The van der Waals surface area contributed by atoms with E-state index in [-0.39, 0.29) is 36.4 Å². The molecule has 41 heavy (non-hydrogen) atoms. The van der Waals surface area contributed by atoms with Crippen LogP contribution in [0.25, 0.3) is 0 Å². The van der Waals surface area contributed by atoms with Crippen LogP contribution in [0.1, 0.15) is 17.5 Å². The third kappa shape index (κ3) is 6.22. The number of aliphatic imine (C=N–C) groups is 2. The van der Waals surface area contributed by atoms with Gasteiger partial charge >= 0.3 is 0 Å². The molecule has 0 saturated carbocycles. The molecule has 1 atom stereocenters. The molecule has 0 aliphatic carbocycles. The molecular formula is C29H26FN5O5S. The van der Waals surface area contributed by atoms with Crippen molar-refractivity contribution in [1.82, 2.24) is 10.2 Å². The minimum atomic E-state index is -0.931. The van der Waals surface area contributed by atoms with Crippen LogP contribution in [0.15, 0.2) is 76.7 Å². The molecule has 12 heteroatoms. The van der Waals surface area contributed by atoms with Crippen molar-refractivity contribution in [2.75, 3.05) is 25.3 Å². The van der Waals surface area contributed by atoms with Gasteiger partial charge in [-0.2, -0.15) is 4.99 Å². The maximum atomic E-state index is 13.2. The van der Waals surface area contributed by atoms with Crippen LogP contribution < -0.4 is 20.1 Å². The van der Waals surface area contributed by atoms with Crippen molar-refractivity contribution < 1.29 is 28.2 Å². The van der Waals surface area contributed by atoms with Crippen LogP contribution in [0.3, 0.4) is 0 Å². The minimum absolute atomic E-state index is 0.0389. The number of para-hydroxylation sites is 1. The summed E-state index contributed by atoms with van der Waals surface area (Å²) in [7, 11) is 3.03. The van der Waals surface area contributed by atoms with Gasteiger partial charge in [-0.25, -0.2) is 9.38 Å². The molecule has 10 nitrogen and oxygen atoms in total. The molecular weight excluding hydrogens is 549 g/mol. The second kappa shape index (κ2) is 12.2. The highest BCUT2D eigenvalue weighted by atomic mass is 32.2. The van der Waals surface area contributed by atoms with Gasteiger partial charge in [0.2, 0.25) is 11.8 Å². The zero-order valence-electron chi connectivity index (χ0n) is 22.2. The Morgan fingerprint density at radius 2 is 1.78 bits per heavy atom. The summed E-state index contributed by atoms with van der Waals surface area (Å²) in [5.74, 6) is -0.189. The lowest BCUT2D eigenvalue weighted by atomic mass is 10.1. The standard InChI is InChI=1S/C29H26FN5O5S/c1-39-19-11-12-24(40-2)22(13-19)32-26(37)16-41-29-33-21-6-4-3-5-20(21)27-34-28(38)23(35(27)29)14-25(36)31-15-17-7-9-18(30)10-8-17/h3-13,23H,14-16H2,1-2H3,(H,31,36)(H,32,37). The van der Waals surface area contributed by atoms with Crippen LogP contribution in [-0.2, 0) is 20.9 Å². The first-order valence-corrected chi connectivity index (χ1v) is 13.6. The number of fused-ring (bicyclic) bond motifs is 3. The summed E-state index contributed by atoms with van der Waals surface area (Å²) in [4.78, 5) is 49.4. The normalized spacial score (nSPS) is 15.3. The SMILES string of the molecule is COc1ccc(OC)c(NC(=O)CSC2=Nc3ccccc3C3=NC(=O)C(CC(=O)NCc4ccc(F)cc4)N23)c1. The number of nitrogens with one attached hydrogen (secondary N) is 2. The second-order valence-corrected chi connectivity index (χ2v) is 10.0. The lowest BCUT2D eigenvalue weighted by Gasteiger charge is -2.30. The van der Waals surface area contributed by atoms with Crippen molar-refractivity contribution >= 4 is 51.9 Å². The molecule has 3 amide bonds. The lowest BCUT2D eigenvalue weighted by molar-refractivity contribution is -0.126. The molecule has 0 radical (unpaired) electrons. The smallest absolute Gasteiger partial charge is 0.271 e. The van der Waals surface area contributed by atoms with Gasteiger partial charge in [-0.05, 0) is 42.0 Å². The van der Waals surface area contributed by atoms with E-state index in [1.807, 2.05) is 12.1 Å². The second-order valence-electron chi connectivity index (χ2n) is 9.08. The van der Waals surface area contributed by atoms with E-state index in [1.54, 1.807) is 47.4 Å². The van der Waals surface area contributed by atoms with E-state index >= 15 is 0 Å². The summed E-state index contributed by atoms with van der Waals surface area (Å²) >= 11 is 1.12.